The van der Waals surface area contributed by atoms with Crippen LogP contribution in [0.15, 0.2) is 90.7 Å². The van der Waals surface area contributed by atoms with Crippen LogP contribution in [0.5, 0.6) is 5.75 Å². The van der Waals surface area contributed by atoms with Crippen molar-refractivity contribution in [2.75, 3.05) is 7.05 Å². The molecular formula is C24H18ClNO5. The molecule has 3 aromatic carbocycles. The highest BCUT2D eigenvalue weighted by Gasteiger charge is 2.28. The summed E-state index contributed by atoms with van der Waals surface area (Å²) >= 11 is 0. The van der Waals surface area contributed by atoms with Crippen LogP contribution in [0.3, 0.4) is 0 Å². The second-order valence-corrected chi connectivity index (χ2v) is 7.69. The van der Waals surface area contributed by atoms with Gasteiger partial charge in [0.1, 0.15) is 18.6 Å². The fraction of sp³-hybridized carbons (Fsp3) is 0.0417. The number of fused-ring (bicyclic) bond motifs is 2. The molecule has 2 heterocycles. The van der Waals surface area contributed by atoms with E-state index in [9.17, 15) is 0 Å². The molecule has 3 aromatic rings. The molecule has 0 spiro atoms. The maximum absolute atomic E-state index is 8.49. The number of ether oxygens (including phenoxy) is 1. The van der Waals surface area contributed by atoms with Crippen molar-refractivity contribution >= 4 is 23.0 Å². The standard InChI is InChI=1S/C24H18NO.ClHO4/c1-25-16-21(18-11-5-7-13-22(18)25)24-15-20(17-9-3-2-4-10-17)19-12-6-8-14-23(19)26-24;2-1(3,4)5/h2-16H,1H3;(H,2,3,4,5)/q+1;/p-1/b24-21+;. The normalized spacial score (nSPS) is 16.8. The van der Waals surface area contributed by atoms with Gasteiger partial charge in [0.25, 0.3) is 0 Å². The van der Waals surface area contributed by atoms with E-state index in [1.165, 1.54) is 22.4 Å². The van der Waals surface area contributed by atoms with E-state index in [0.717, 1.165) is 22.6 Å². The molecule has 2 aliphatic heterocycles. The Hall–Kier alpha value is -3.26. The van der Waals surface area contributed by atoms with Crippen LogP contribution in [0.25, 0.3) is 11.1 Å². The molecule has 0 aliphatic carbocycles. The van der Waals surface area contributed by atoms with Gasteiger partial charge in [-0.05, 0) is 29.3 Å². The zero-order valence-electron chi connectivity index (χ0n) is 16.5. The summed E-state index contributed by atoms with van der Waals surface area (Å²) in [6.07, 6.45) is 4.31. The van der Waals surface area contributed by atoms with Crippen molar-refractivity contribution in [2.45, 2.75) is 0 Å². The first kappa shape index (κ1) is 21.0. The summed E-state index contributed by atoms with van der Waals surface area (Å²) < 4.78 is 42.4. The van der Waals surface area contributed by atoms with Gasteiger partial charge in [-0.1, -0.05) is 60.7 Å². The molecule has 0 saturated heterocycles. The lowest BCUT2D eigenvalue weighted by molar-refractivity contribution is -2.00. The summed E-state index contributed by atoms with van der Waals surface area (Å²) in [6.45, 7) is 0. The zero-order chi connectivity index (χ0) is 22.0. The van der Waals surface area contributed by atoms with Gasteiger partial charge in [0.05, 0.1) is 11.1 Å². The predicted octanol–water partition coefficient (Wildman–Crippen LogP) is 0.524. The fourth-order valence-electron chi connectivity index (χ4n) is 3.66. The third kappa shape index (κ3) is 4.74. The lowest BCUT2D eigenvalue weighted by Crippen LogP contribution is -2.68. The second-order valence-electron chi connectivity index (χ2n) is 6.94. The third-order valence-electron chi connectivity index (χ3n) is 4.92. The molecule has 7 heteroatoms. The van der Waals surface area contributed by atoms with Crippen LogP contribution in [0, 0.1) is 10.2 Å². The maximum Gasteiger partial charge on any atom is 0.213 e. The molecule has 0 saturated carbocycles. The summed E-state index contributed by atoms with van der Waals surface area (Å²) in [6, 6.07) is 27.2. The highest BCUT2D eigenvalue weighted by molar-refractivity contribution is 6.14. The van der Waals surface area contributed by atoms with Gasteiger partial charge < -0.3 is 4.74 Å². The first-order chi connectivity index (χ1) is 14.8. The van der Waals surface area contributed by atoms with Crippen LogP contribution >= 0.6 is 0 Å². The van der Waals surface area contributed by atoms with Crippen LogP contribution in [-0.4, -0.2) is 17.8 Å². The average Bonchev–Trinajstić information content (AvgIpc) is 3.09. The summed E-state index contributed by atoms with van der Waals surface area (Å²) in [7, 11) is -2.87. The predicted molar refractivity (Wildman–Crippen MR) is 106 cm³/mol. The van der Waals surface area contributed by atoms with Crippen molar-refractivity contribution < 1.29 is 38.2 Å². The minimum Gasteiger partial charge on any atom is -0.456 e. The minimum atomic E-state index is -4.94. The lowest BCUT2D eigenvalue weighted by atomic mass is 9.93. The Morgan fingerprint density at radius 1 is 0.742 bits per heavy atom. The number of benzene rings is 3. The summed E-state index contributed by atoms with van der Waals surface area (Å²) in [4.78, 5) is 0. The maximum atomic E-state index is 8.49. The minimum absolute atomic E-state index is 0.888. The van der Waals surface area contributed by atoms with E-state index in [-0.39, 0.29) is 0 Å². The Labute approximate surface area is 181 Å². The second kappa shape index (κ2) is 8.47. The SMILES string of the molecule is C[N+]1=C/C(=C2/C=C(c3ccccc3)c3ccccc3O2)c2ccccc21.[O-][Cl+3]([O-])([O-])[O-]. The number of nitrogens with zero attached hydrogens (tertiary/aromatic N) is 1. The van der Waals surface area contributed by atoms with E-state index in [4.69, 9.17) is 23.4 Å². The Morgan fingerprint density at radius 2 is 1.32 bits per heavy atom. The average molecular weight is 436 g/mol. The van der Waals surface area contributed by atoms with Gasteiger partial charge in [-0.2, -0.15) is 0 Å². The molecule has 5 rings (SSSR count). The molecule has 0 bridgehead atoms. The number of hydrogen-bond acceptors (Lipinski definition) is 5. The molecule has 0 radical (unpaired) electrons. The Morgan fingerprint density at radius 3 is 2.03 bits per heavy atom. The Balaban J connectivity index is 0.000000418. The van der Waals surface area contributed by atoms with Crippen LogP contribution in [0.1, 0.15) is 16.7 Å². The number of hydrogen-bond donors (Lipinski definition) is 0. The first-order valence-corrected chi connectivity index (χ1v) is 10.6. The molecule has 2 aliphatic rings. The van der Waals surface area contributed by atoms with Gasteiger partial charge in [0.2, 0.25) is 5.69 Å². The van der Waals surface area contributed by atoms with Crippen molar-refractivity contribution in [1.82, 2.24) is 0 Å². The number of para-hydroxylation sites is 2. The summed E-state index contributed by atoms with van der Waals surface area (Å²) in [5.41, 5.74) is 7.03. The first-order valence-electron chi connectivity index (χ1n) is 9.39. The molecule has 6 nitrogen and oxygen atoms in total. The summed E-state index contributed by atoms with van der Waals surface area (Å²) in [5.74, 6) is 1.79. The number of halogens is 1. The molecular weight excluding hydrogens is 418 g/mol. The van der Waals surface area contributed by atoms with Gasteiger partial charge >= 0.3 is 0 Å². The van der Waals surface area contributed by atoms with Gasteiger partial charge in [0.15, 0.2) is 6.21 Å². The van der Waals surface area contributed by atoms with Crippen LogP contribution in [-0.2, 0) is 0 Å². The van der Waals surface area contributed by atoms with Crippen molar-refractivity contribution in [3.8, 4) is 5.75 Å². The van der Waals surface area contributed by atoms with E-state index in [1.807, 2.05) is 18.2 Å². The molecule has 0 N–H and O–H groups in total. The van der Waals surface area contributed by atoms with Gasteiger partial charge in [0, 0.05) is 11.6 Å². The van der Waals surface area contributed by atoms with Crippen molar-refractivity contribution in [1.29, 1.82) is 0 Å². The molecule has 0 amide bonds. The van der Waals surface area contributed by atoms with Gasteiger partial charge in [-0.25, -0.2) is 23.2 Å². The van der Waals surface area contributed by atoms with Gasteiger partial charge in [-0.15, -0.1) is 10.2 Å². The number of allylic oxidation sites excluding steroid dienone is 2. The van der Waals surface area contributed by atoms with Crippen molar-refractivity contribution in [3.05, 3.63) is 107 Å². The third-order valence-corrected chi connectivity index (χ3v) is 4.92. The van der Waals surface area contributed by atoms with Crippen molar-refractivity contribution in [3.63, 3.8) is 0 Å². The quantitative estimate of drug-likeness (QED) is 0.518. The summed E-state index contributed by atoms with van der Waals surface area (Å²) in [5, 5.41) is 0. The molecule has 31 heavy (non-hydrogen) atoms. The van der Waals surface area contributed by atoms with E-state index >= 15 is 0 Å². The fourth-order valence-corrected chi connectivity index (χ4v) is 3.66. The smallest absolute Gasteiger partial charge is 0.213 e. The lowest BCUT2D eigenvalue weighted by Gasteiger charge is -2.21. The Kier molecular flexibility index (Phi) is 5.73. The van der Waals surface area contributed by atoms with Crippen LogP contribution in [0.2, 0.25) is 0 Å². The molecule has 0 fully saturated rings. The highest BCUT2D eigenvalue weighted by Crippen LogP contribution is 2.40. The molecule has 0 atom stereocenters. The van der Waals surface area contributed by atoms with Crippen LogP contribution < -0.4 is 23.4 Å². The highest BCUT2D eigenvalue weighted by atomic mass is 35.7. The zero-order valence-corrected chi connectivity index (χ0v) is 17.3. The van der Waals surface area contributed by atoms with E-state index < -0.39 is 10.2 Å². The van der Waals surface area contributed by atoms with Gasteiger partial charge in [-0.3, -0.25) is 0 Å². The van der Waals surface area contributed by atoms with Crippen molar-refractivity contribution in [2.24, 2.45) is 0 Å². The van der Waals surface area contributed by atoms with E-state index in [2.05, 4.69) is 84.6 Å². The van der Waals surface area contributed by atoms with E-state index in [0.29, 0.717) is 0 Å². The van der Waals surface area contributed by atoms with E-state index in [1.54, 1.807) is 0 Å². The molecule has 0 unspecified atom stereocenters. The topological polar surface area (TPSA) is 104 Å². The Bertz CT molecular complexity index is 1200. The molecule has 0 aromatic heterocycles. The largest absolute Gasteiger partial charge is 0.456 e. The van der Waals surface area contributed by atoms with Crippen LogP contribution in [0.4, 0.5) is 5.69 Å². The number of rotatable bonds is 1. The molecule has 156 valence electrons. The monoisotopic (exact) mass is 435 g/mol.